The summed E-state index contributed by atoms with van der Waals surface area (Å²) in [4.78, 5) is 24.4. The lowest BCUT2D eigenvalue weighted by atomic mass is 10.1. The number of nitrogens with one attached hydrogen (secondary N) is 1. The smallest absolute Gasteiger partial charge is 0.268 e. The number of amides is 2. The number of thioether (sulfide) groups is 1. The summed E-state index contributed by atoms with van der Waals surface area (Å²) >= 11 is 7.12. The molecule has 0 heterocycles. The molecule has 0 aliphatic rings. The van der Waals surface area contributed by atoms with E-state index in [-0.39, 0.29) is 11.7 Å². The second kappa shape index (κ2) is 8.27. The van der Waals surface area contributed by atoms with Gasteiger partial charge in [0.25, 0.3) is 5.91 Å². The Labute approximate surface area is 155 Å². The van der Waals surface area contributed by atoms with Crippen LogP contribution in [0.5, 0.6) is 5.75 Å². The number of carbonyl (C=O) groups excluding carboxylic acids is 2. The van der Waals surface area contributed by atoms with Crippen molar-refractivity contribution in [2.75, 3.05) is 11.1 Å². The summed E-state index contributed by atoms with van der Waals surface area (Å²) in [7, 11) is 0. The van der Waals surface area contributed by atoms with Crippen molar-refractivity contribution in [2.24, 2.45) is 5.73 Å². The highest BCUT2D eigenvalue weighted by molar-refractivity contribution is 8.00. The van der Waals surface area contributed by atoms with E-state index in [2.05, 4.69) is 5.32 Å². The van der Waals surface area contributed by atoms with Gasteiger partial charge >= 0.3 is 0 Å². The summed E-state index contributed by atoms with van der Waals surface area (Å²) in [5.41, 5.74) is 4.68. The Morgan fingerprint density at radius 1 is 1.16 bits per heavy atom. The highest BCUT2D eigenvalue weighted by Gasteiger charge is 2.30. The van der Waals surface area contributed by atoms with Gasteiger partial charge in [0.2, 0.25) is 5.91 Å². The maximum absolute atomic E-state index is 12.6. The van der Waals surface area contributed by atoms with E-state index in [9.17, 15) is 9.59 Å². The van der Waals surface area contributed by atoms with Gasteiger partial charge < -0.3 is 15.8 Å². The Hall–Kier alpha value is -2.18. The van der Waals surface area contributed by atoms with Crippen molar-refractivity contribution in [3.05, 3.63) is 53.6 Å². The van der Waals surface area contributed by atoms with E-state index >= 15 is 0 Å². The molecule has 25 heavy (non-hydrogen) atoms. The third-order valence-corrected chi connectivity index (χ3v) is 4.59. The van der Waals surface area contributed by atoms with Crippen LogP contribution in [0.3, 0.4) is 0 Å². The molecular formula is C18H19ClN2O3S. The lowest BCUT2D eigenvalue weighted by Gasteiger charge is -2.26. The first-order chi connectivity index (χ1) is 11.8. The van der Waals surface area contributed by atoms with Crippen LogP contribution >= 0.6 is 23.4 Å². The fourth-order valence-corrected chi connectivity index (χ4v) is 2.83. The van der Waals surface area contributed by atoms with Crippen molar-refractivity contribution in [3.8, 4) is 5.75 Å². The number of halogens is 1. The largest absolute Gasteiger partial charge is 0.478 e. The van der Waals surface area contributed by atoms with Crippen molar-refractivity contribution in [2.45, 2.75) is 24.3 Å². The van der Waals surface area contributed by atoms with E-state index in [0.29, 0.717) is 16.5 Å². The molecule has 0 unspecified atom stereocenters. The highest BCUT2D eigenvalue weighted by Crippen LogP contribution is 2.28. The van der Waals surface area contributed by atoms with E-state index in [0.717, 1.165) is 4.90 Å². The molecular weight excluding hydrogens is 360 g/mol. The fraction of sp³-hybridized carbons (Fsp3) is 0.222. The van der Waals surface area contributed by atoms with Crippen molar-refractivity contribution in [1.82, 2.24) is 0 Å². The van der Waals surface area contributed by atoms with E-state index < -0.39 is 11.5 Å². The number of ether oxygens (including phenoxy) is 1. The normalized spacial score (nSPS) is 11.0. The maximum Gasteiger partial charge on any atom is 0.268 e. The minimum Gasteiger partial charge on any atom is -0.478 e. The summed E-state index contributed by atoms with van der Waals surface area (Å²) in [6.07, 6.45) is 0. The zero-order chi connectivity index (χ0) is 18.4. The lowest BCUT2D eigenvalue weighted by Crippen LogP contribution is -2.42. The number of nitrogens with two attached hydrogens (primary N) is 1. The molecule has 0 saturated heterocycles. The van der Waals surface area contributed by atoms with Gasteiger partial charge in [0.1, 0.15) is 5.75 Å². The van der Waals surface area contributed by atoms with Gasteiger partial charge in [0.15, 0.2) is 5.60 Å². The Morgan fingerprint density at radius 3 is 2.44 bits per heavy atom. The number of hydrogen-bond donors (Lipinski definition) is 2. The maximum atomic E-state index is 12.6. The predicted octanol–water partition coefficient (Wildman–Crippen LogP) is 3.71. The van der Waals surface area contributed by atoms with Gasteiger partial charge in [-0.25, -0.2) is 0 Å². The summed E-state index contributed by atoms with van der Waals surface area (Å²) < 4.78 is 5.78. The molecule has 2 rings (SSSR count). The third kappa shape index (κ3) is 5.69. The molecule has 0 atom stereocenters. The third-order valence-electron chi connectivity index (χ3n) is 3.24. The SMILES string of the molecule is CC(C)(Oc1ccc(Cl)cc1)C(=O)Nc1ccccc1SCC(N)=O. The molecule has 5 nitrogen and oxygen atoms in total. The molecule has 0 fully saturated rings. The van der Waals surface area contributed by atoms with Gasteiger partial charge in [-0.15, -0.1) is 11.8 Å². The Morgan fingerprint density at radius 2 is 1.80 bits per heavy atom. The molecule has 0 radical (unpaired) electrons. The summed E-state index contributed by atoms with van der Waals surface area (Å²) in [6, 6.07) is 14.0. The van der Waals surface area contributed by atoms with Crippen molar-refractivity contribution in [3.63, 3.8) is 0 Å². The topological polar surface area (TPSA) is 81.4 Å². The van der Waals surface area contributed by atoms with Crippen LogP contribution in [-0.4, -0.2) is 23.2 Å². The molecule has 0 aliphatic carbocycles. The number of rotatable bonds is 7. The van der Waals surface area contributed by atoms with E-state index in [1.807, 2.05) is 12.1 Å². The number of carbonyl (C=O) groups is 2. The molecule has 2 aromatic rings. The standard InChI is InChI=1S/C18H19ClN2O3S/c1-18(2,24-13-9-7-12(19)8-10-13)17(23)21-14-5-3-4-6-15(14)25-11-16(20)22/h3-10H,11H2,1-2H3,(H2,20,22)(H,21,23). The zero-order valence-corrected chi connectivity index (χ0v) is 15.5. The van der Waals surface area contributed by atoms with Gasteiger partial charge in [-0.2, -0.15) is 0 Å². The number of anilines is 1. The molecule has 2 amide bonds. The van der Waals surface area contributed by atoms with E-state index in [1.54, 1.807) is 50.2 Å². The Kier molecular flexibility index (Phi) is 6.33. The molecule has 2 aromatic carbocycles. The van der Waals surface area contributed by atoms with Gasteiger partial charge in [0, 0.05) is 9.92 Å². The monoisotopic (exact) mass is 378 g/mol. The minimum absolute atomic E-state index is 0.136. The van der Waals surface area contributed by atoms with E-state index in [4.69, 9.17) is 22.1 Å². The lowest BCUT2D eigenvalue weighted by molar-refractivity contribution is -0.128. The molecule has 132 valence electrons. The number of hydrogen-bond acceptors (Lipinski definition) is 4. The van der Waals surface area contributed by atoms with Crippen LogP contribution in [0.25, 0.3) is 0 Å². The van der Waals surface area contributed by atoms with Crippen molar-refractivity contribution < 1.29 is 14.3 Å². The highest BCUT2D eigenvalue weighted by atomic mass is 35.5. The number of para-hydroxylation sites is 1. The first kappa shape index (κ1) is 19.1. The Balaban J connectivity index is 2.09. The fourth-order valence-electron chi connectivity index (χ4n) is 1.96. The summed E-state index contributed by atoms with van der Waals surface area (Å²) in [5, 5.41) is 3.44. The average Bonchev–Trinajstić information content (AvgIpc) is 2.56. The van der Waals surface area contributed by atoms with Crippen molar-refractivity contribution >= 4 is 40.9 Å². The van der Waals surface area contributed by atoms with Gasteiger partial charge in [-0.1, -0.05) is 23.7 Å². The molecule has 0 aromatic heterocycles. The predicted molar refractivity (Wildman–Crippen MR) is 101 cm³/mol. The minimum atomic E-state index is -1.10. The van der Waals surface area contributed by atoms with Crippen LogP contribution in [0.15, 0.2) is 53.4 Å². The number of primary amides is 1. The van der Waals surface area contributed by atoms with Crippen LogP contribution < -0.4 is 15.8 Å². The van der Waals surface area contributed by atoms with Crippen molar-refractivity contribution in [1.29, 1.82) is 0 Å². The second-order valence-electron chi connectivity index (χ2n) is 5.77. The first-order valence-corrected chi connectivity index (χ1v) is 8.90. The zero-order valence-electron chi connectivity index (χ0n) is 13.9. The number of benzene rings is 2. The Bertz CT molecular complexity index is 763. The van der Waals surface area contributed by atoms with Gasteiger partial charge in [-0.05, 0) is 50.2 Å². The van der Waals surface area contributed by atoms with Crippen LogP contribution in [-0.2, 0) is 9.59 Å². The molecule has 0 spiro atoms. The molecule has 0 bridgehead atoms. The van der Waals surface area contributed by atoms with Gasteiger partial charge in [-0.3, -0.25) is 9.59 Å². The van der Waals surface area contributed by atoms with E-state index in [1.165, 1.54) is 11.8 Å². The molecule has 7 heteroatoms. The summed E-state index contributed by atoms with van der Waals surface area (Å²) in [6.45, 7) is 3.35. The van der Waals surface area contributed by atoms with Crippen LogP contribution in [0.4, 0.5) is 5.69 Å². The molecule has 3 N–H and O–H groups in total. The second-order valence-corrected chi connectivity index (χ2v) is 7.23. The molecule has 0 aliphatic heterocycles. The van der Waals surface area contributed by atoms with Crippen LogP contribution in [0.1, 0.15) is 13.8 Å². The molecule has 0 saturated carbocycles. The van der Waals surface area contributed by atoms with Crippen LogP contribution in [0.2, 0.25) is 5.02 Å². The first-order valence-electron chi connectivity index (χ1n) is 7.54. The quantitative estimate of drug-likeness (QED) is 0.719. The average molecular weight is 379 g/mol. The summed E-state index contributed by atoms with van der Waals surface area (Å²) in [5.74, 6) is -0.0505. The van der Waals surface area contributed by atoms with Gasteiger partial charge in [0.05, 0.1) is 11.4 Å². The van der Waals surface area contributed by atoms with Crippen LogP contribution in [0, 0.1) is 0 Å².